The number of benzene rings is 1. The Bertz CT molecular complexity index is 669. The summed E-state index contributed by atoms with van der Waals surface area (Å²) in [5.41, 5.74) is 7.59. The number of furan rings is 1. The van der Waals surface area contributed by atoms with Crippen LogP contribution in [0.5, 0.6) is 0 Å². The molecule has 1 aromatic carbocycles. The Morgan fingerprint density at radius 1 is 1.30 bits per heavy atom. The summed E-state index contributed by atoms with van der Waals surface area (Å²) < 4.78 is 5.66. The number of fused-ring (bicyclic) bond motifs is 1. The van der Waals surface area contributed by atoms with Crippen molar-refractivity contribution in [3.63, 3.8) is 0 Å². The Balaban J connectivity index is 1.64. The summed E-state index contributed by atoms with van der Waals surface area (Å²) in [6.45, 7) is 7.31. The molecule has 2 N–H and O–H groups in total. The van der Waals surface area contributed by atoms with Crippen molar-refractivity contribution in [3.8, 4) is 0 Å². The van der Waals surface area contributed by atoms with E-state index in [-0.39, 0.29) is 17.4 Å². The van der Waals surface area contributed by atoms with Crippen LogP contribution in [0.3, 0.4) is 0 Å². The first kappa shape index (κ1) is 16.0. The van der Waals surface area contributed by atoms with E-state index in [1.807, 2.05) is 37.4 Å². The average Bonchev–Trinajstić information content (AvgIpc) is 3.11. The second-order valence-electron chi connectivity index (χ2n) is 7.47. The minimum Gasteiger partial charge on any atom is -0.451 e. The van der Waals surface area contributed by atoms with Crippen LogP contribution >= 0.6 is 0 Å². The lowest BCUT2D eigenvalue weighted by molar-refractivity contribution is 0.0753. The fourth-order valence-corrected chi connectivity index (χ4v) is 3.00. The third-order valence-electron chi connectivity index (χ3n) is 4.50. The monoisotopic (exact) mass is 315 g/mol. The van der Waals surface area contributed by atoms with Crippen LogP contribution in [0.4, 0.5) is 0 Å². The van der Waals surface area contributed by atoms with Gasteiger partial charge in [-0.25, -0.2) is 0 Å². The maximum atomic E-state index is 12.6. The fourth-order valence-electron chi connectivity index (χ4n) is 3.00. The molecule has 0 saturated carbocycles. The summed E-state index contributed by atoms with van der Waals surface area (Å²) >= 11 is 0. The van der Waals surface area contributed by atoms with Gasteiger partial charge in [0, 0.05) is 31.1 Å². The molecule has 23 heavy (non-hydrogen) atoms. The summed E-state index contributed by atoms with van der Waals surface area (Å²) in [6.07, 6.45) is 1.00. The second kappa shape index (κ2) is 5.98. The summed E-state index contributed by atoms with van der Waals surface area (Å²) in [5.74, 6) is 0.314. The lowest BCUT2D eigenvalue weighted by Gasteiger charge is -2.26. The van der Waals surface area contributed by atoms with E-state index in [1.165, 1.54) is 0 Å². The summed E-state index contributed by atoms with van der Waals surface area (Å²) in [4.78, 5) is 14.3. The van der Waals surface area contributed by atoms with Gasteiger partial charge in [0.05, 0.1) is 0 Å². The van der Waals surface area contributed by atoms with Gasteiger partial charge in [0.2, 0.25) is 0 Å². The van der Waals surface area contributed by atoms with Crippen molar-refractivity contribution in [1.29, 1.82) is 0 Å². The van der Waals surface area contributed by atoms with E-state index >= 15 is 0 Å². The summed E-state index contributed by atoms with van der Waals surface area (Å²) in [5, 5.41) is 0.956. The molecule has 5 nitrogen and oxygen atoms in total. The number of amides is 1. The molecule has 1 aliphatic heterocycles. The van der Waals surface area contributed by atoms with Crippen molar-refractivity contribution in [3.05, 3.63) is 36.1 Å². The van der Waals surface area contributed by atoms with Gasteiger partial charge in [0.25, 0.3) is 5.91 Å². The molecule has 0 bridgehead atoms. The van der Waals surface area contributed by atoms with Gasteiger partial charge in [-0.1, -0.05) is 39.0 Å². The van der Waals surface area contributed by atoms with Crippen LogP contribution in [0.25, 0.3) is 11.0 Å². The highest BCUT2D eigenvalue weighted by atomic mass is 16.3. The predicted octanol–water partition coefficient (Wildman–Crippen LogP) is 2.79. The molecule has 1 aromatic heterocycles. The number of carbonyl (C=O) groups is 1. The number of nitrogens with zero attached hydrogens (tertiary/aromatic N) is 1. The number of rotatable bonds is 3. The first-order valence-corrected chi connectivity index (χ1v) is 8.09. The second-order valence-corrected chi connectivity index (χ2v) is 7.47. The molecular formula is C18H25N3O2. The predicted molar refractivity (Wildman–Crippen MR) is 91.1 cm³/mol. The number of para-hydroxylation sites is 1. The van der Waals surface area contributed by atoms with Crippen LogP contribution in [-0.2, 0) is 0 Å². The SMILES string of the molecule is CN(CC1CC(C(C)(C)C)NN1)C(=O)c1cc2ccccc2o1. The van der Waals surface area contributed by atoms with Gasteiger partial charge < -0.3 is 9.32 Å². The largest absolute Gasteiger partial charge is 0.451 e. The molecule has 2 aromatic rings. The van der Waals surface area contributed by atoms with Crippen molar-refractivity contribution >= 4 is 16.9 Å². The third-order valence-corrected chi connectivity index (χ3v) is 4.50. The highest BCUT2D eigenvalue weighted by molar-refractivity contribution is 5.95. The lowest BCUT2D eigenvalue weighted by Crippen LogP contribution is -2.42. The summed E-state index contributed by atoms with van der Waals surface area (Å²) in [7, 11) is 1.82. The van der Waals surface area contributed by atoms with Gasteiger partial charge in [-0.15, -0.1) is 0 Å². The first-order valence-electron chi connectivity index (χ1n) is 8.09. The Kier molecular flexibility index (Phi) is 4.17. The minimum absolute atomic E-state index is 0.0813. The van der Waals surface area contributed by atoms with Crippen LogP contribution in [0.2, 0.25) is 0 Å². The highest BCUT2D eigenvalue weighted by Gasteiger charge is 2.33. The average molecular weight is 315 g/mol. The van der Waals surface area contributed by atoms with Gasteiger partial charge in [-0.2, -0.15) is 0 Å². The number of hydrogen-bond acceptors (Lipinski definition) is 4. The van der Waals surface area contributed by atoms with Crippen LogP contribution in [0.15, 0.2) is 34.7 Å². The number of likely N-dealkylation sites (N-methyl/N-ethyl adjacent to an activating group) is 1. The van der Waals surface area contributed by atoms with E-state index in [0.29, 0.717) is 18.3 Å². The topological polar surface area (TPSA) is 57.5 Å². The van der Waals surface area contributed by atoms with E-state index in [4.69, 9.17) is 4.42 Å². The molecule has 2 unspecified atom stereocenters. The van der Waals surface area contributed by atoms with Crippen molar-refractivity contribution in [2.45, 2.75) is 39.3 Å². The lowest BCUT2D eigenvalue weighted by atomic mass is 9.84. The maximum absolute atomic E-state index is 12.6. The molecule has 1 amide bonds. The minimum atomic E-state index is -0.0813. The van der Waals surface area contributed by atoms with Crippen molar-refractivity contribution in [1.82, 2.24) is 15.8 Å². The van der Waals surface area contributed by atoms with Crippen molar-refractivity contribution < 1.29 is 9.21 Å². The molecule has 0 aliphatic carbocycles. The van der Waals surface area contributed by atoms with Gasteiger partial charge >= 0.3 is 0 Å². The Morgan fingerprint density at radius 2 is 2.04 bits per heavy atom. The quantitative estimate of drug-likeness (QED) is 0.914. The van der Waals surface area contributed by atoms with Crippen LogP contribution in [-0.4, -0.2) is 36.5 Å². The molecule has 1 saturated heterocycles. The number of carbonyl (C=O) groups excluding carboxylic acids is 1. The Morgan fingerprint density at radius 3 is 2.70 bits per heavy atom. The molecule has 1 aliphatic rings. The first-order chi connectivity index (χ1) is 10.8. The Labute approximate surface area is 137 Å². The molecule has 1 fully saturated rings. The van der Waals surface area contributed by atoms with Gasteiger partial charge in [0.1, 0.15) is 5.58 Å². The number of hydrogen-bond donors (Lipinski definition) is 2. The van der Waals surface area contributed by atoms with Crippen LogP contribution in [0.1, 0.15) is 37.7 Å². The molecule has 3 rings (SSSR count). The number of nitrogens with one attached hydrogen (secondary N) is 2. The summed E-state index contributed by atoms with van der Waals surface area (Å²) in [6, 6.07) is 10.1. The van der Waals surface area contributed by atoms with Crippen LogP contribution < -0.4 is 10.9 Å². The van der Waals surface area contributed by atoms with Gasteiger partial charge in [0.15, 0.2) is 5.76 Å². The molecule has 0 spiro atoms. The number of hydrazine groups is 1. The molecule has 124 valence electrons. The third kappa shape index (κ3) is 3.41. The molecule has 2 heterocycles. The molecule has 2 atom stereocenters. The zero-order chi connectivity index (χ0) is 16.6. The Hall–Kier alpha value is -1.85. The van der Waals surface area contributed by atoms with E-state index < -0.39 is 0 Å². The molecule has 5 heteroatoms. The van der Waals surface area contributed by atoms with Crippen LogP contribution in [0, 0.1) is 5.41 Å². The van der Waals surface area contributed by atoms with E-state index in [9.17, 15) is 4.79 Å². The van der Waals surface area contributed by atoms with Gasteiger partial charge in [-0.05, 0) is 24.0 Å². The normalized spacial score (nSPS) is 21.7. The van der Waals surface area contributed by atoms with E-state index in [1.54, 1.807) is 4.90 Å². The molecular weight excluding hydrogens is 290 g/mol. The fraction of sp³-hybridized carbons (Fsp3) is 0.500. The van der Waals surface area contributed by atoms with E-state index in [2.05, 4.69) is 31.6 Å². The zero-order valence-electron chi connectivity index (χ0n) is 14.2. The van der Waals surface area contributed by atoms with Gasteiger partial charge in [-0.3, -0.25) is 15.6 Å². The van der Waals surface area contributed by atoms with Crippen molar-refractivity contribution in [2.75, 3.05) is 13.6 Å². The maximum Gasteiger partial charge on any atom is 0.289 e. The van der Waals surface area contributed by atoms with E-state index in [0.717, 1.165) is 17.4 Å². The standard InChI is InChI=1S/C18H25N3O2/c1-18(2,3)16-10-13(19-20-16)11-21(4)17(22)15-9-12-7-5-6-8-14(12)23-15/h5-9,13,16,19-20H,10-11H2,1-4H3. The zero-order valence-corrected chi connectivity index (χ0v) is 14.2. The molecule has 0 radical (unpaired) electrons. The van der Waals surface area contributed by atoms with Crippen molar-refractivity contribution in [2.24, 2.45) is 5.41 Å². The highest BCUT2D eigenvalue weighted by Crippen LogP contribution is 2.26. The smallest absolute Gasteiger partial charge is 0.289 e.